The number of carbonyl (C=O) groups excluding carboxylic acids is 1. The minimum atomic E-state index is -4.43. The topological polar surface area (TPSA) is 92.3 Å². The first-order valence-electron chi connectivity index (χ1n) is 15.6. The molecular formula is C33H50ClF3NO7PSSi. The molecule has 0 aliphatic carbocycles. The monoisotopic (exact) mass is 755 g/mol. The summed E-state index contributed by atoms with van der Waals surface area (Å²) in [5, 5.41) is 3.42. The van der Waals surface area contributed by atoms with Crippen molar-refractivity contribution in [1.82, 2.24) is 5.32 Å². The zero-order valence-corrected chi connectivity index (χ0v) is 33.0. The van der Waals surface area contributed by atoms with E-state index in [1.165, 1.54) is 32.0 Å². The van der Waals surface area contributed by atoms with Crippen LogP contribution in [0.5, 0.6) is 0 Å². The van der Waals surface area contributed by atoms with Gasteiger partial charge in [0, 0.05) is 29.0 Å². The van der Waals surface area contributed by atoms with Gasteiger partial charge in [-0.1, -0.05) is 56.3 Å². The molecule has 2 aromatic rings. The van der Waals surface area contributed by atoms with E-state index in [0.717, 1.165) is 17.7 Å². The Hall–Kier alpha value is -1.57. The van der Waals surface area contributed by atoms with E-state index in [0.29, 0.717) is 34.1 Å². The second kappa shape index (κ2) is 17.1. The van der Waals surface area contributed by atoms with E-state index in [4.69, 9.17) is 34.3 Å². The van der Waals surface area contributed by atoms with Gasteiger partial charge in [-0.2, -0.15) is 13.2 Å². The van der Waals surface area contributed by atoms with Crippen LogP contribution in [0.1, 0.15) is 71.9 Å². The lowest BCUT2D eigenvalue weighted by Gasteiger charge is -2.42. The molecular weight excluding hydrogens is 706 g/mol. The van der Waals surface area contributed by atoms with Crippen LogP contribution in [0.4, 0.5) is 18.0 Å². The Balaban J connectivity index is 2.33. The maximum Gasteiger partial charge on any atom is 0.474 e. The predicted molar refractivity (Wildman–Crippen MR) is 187 cm³/mol. The third-order valence-electron chi connectivity index (χ3n) is 8.08. The molecule has 0 saturated carbocycles. The number of aryl methyl sites for hydroxylation is 1. The van der Waals surface area contributed by atoms with Gasteiger partial charge in [0.25, 0.3) is 0 Å². The molecule has 0 heterocycles. The molecule has 0 saturated heterocycles. The highest BCUT2D eigenvalue weighted by atomic mass is 35.5. The van der Waals surface area contributed by atoms with Crippen LogP contribution in [0.25, 0.3) is 0 Å². The number of phosphoric ester groups is 1. The van der Waals surface area contributed by atoms with Crippen molar-refractivity contribution in [3.05, 3.63) is 58.6 Å². The number of amides is 1. The summed E-state index contributed by atoms with van der Waals surface area (Å²) in [4.78, 5) is 14.4. The van der Waals surface area contributed by atoms with Crippen molar-refractivity contribution in [2.75, 3.05) is 27.4 Å². The molecule has 0 aliphatic heterocycles. The molecule has 2 rings (SSSR count). The van der Waals surface area contributed by atoms with Crippen LogP contribution in [0, 0.1) is 0 Å². The van der Waals surface area contributed by atoms with Crippen LogP contribution in [0.15, 0.2) is 52.3 Å². The van der Waals surface area contributed by atoms with Gasteiger partial charge in [-0.25, -0.2) is 9.36 Å². The molecule has 0 radical (unpaired) electrons. The minimum Gasteiger partial charge on any atom is -0.444 e. The number of rotatable bonds is 16. The molecule has 48 heavy (non-hydrogen) atoms. The van der Waals surface area contributed by atoms with Gasteiger partial charge in [0.15, 0.2) is 8.32 Å². The molecule has 272 valence electrons. The molecule has 1 amide bonds. The number of carbonyl (C=O) groups is 1. The summed E-state index contributed by atoms with van der Waals surface area (Å²) in [6.07, 6.45) is -3.34. The standard InChI is InChI=1S/C33H50ClF3NO7PSSi/c1-30(2,3)45-29(39)38-32(19-20-43-46(40,41-7)42-8,23-44-48(9,10)31(4,5)6)18-12-13-24-16-17-27(22-28(24)34)47-26-15-11-14-25(21-26)33(35,36)37/h11,14-17,21-22H,12-13,18-20,23H2,1-10H3,(H,38,39). The normalized spacial score (nSPS) is 14.5. The van der Waals surface area contributed by atoms with Gasteiger partial charge in [0.1, 0.15) is 5.60 Å². The number of hydrogen-bond donors (Lipinski definition) is 1. The number of alkyl halides is 3. The summed E-state index contributed by atoms with van der Waals surface area (Å²) in [6.45, 7) is 16.0. The Kier molecular flexibility index (Phi) is 15.2. The largest absolute Gasteiger partial charge is 0.474 e. The fraction of sp³-hybridized carbons (Fsp3) is 0.606. The molecule has 0 bridgehead atoms. The Morgan fingerprint density at radius 2 is 1.58 bits per heavy atom. The summed E-state index contributed by atoms with van der Waals surface area (Å²) >= 11 is 7.85. The fourth-order valence-corrected chi connectivity index (χ4v) is 7.30. The van der Waals surface area contributed by atoms with Crippen LogP contribution < -0.4 is 5.32 Å². The van der Waals surface area contributed by atoms with Crippen molar-refractivity contribution >= 4 is 45.6 Å². The first-order chi connectivity index (χ1) is 21.9. The van der Waals surface area contributed by atoms with Gasteiger partial charge in [0.05, 0.1) is 24.3 Å². The second-order valence-electron chi connectivity index (χ2n) is 14.1. The van der Waals surface area contributed by atoms with Crippen LogP contribution in [-0.4, -0.2) is 53.0 Å². The molecule has 1 N–H and O–H groups in total. The SMILES string of the molecule is COP(=O)(OC)OCCC(CCCc1ccc(Sc2cccc(C(F)(F)F)c2)cc1Cl)(CO[Si](C)(C)C(C)(C)C)NC(=O)OC(C)(C)C. The molecule has 1 unspecified atom stereocenters. The van der Waals surface area contributed by atoms with Crippen LogP contribution in [0.3, 0.4) is 0 Å². The highest BCUT2D eigenvalue weighted by Gasteiger charge is 2.42. The molecule has 2 aromatic carbocycles. The third-order valence-corrected chi connectivity index (χ3v) is 15.3. The summed E-state index contributed by atoms with van der Waals surface area (Å²) in [6, 6.07) is 10.5. The first kappa shape index (κ1) is 42.6. The quantitative estimate of drug-likeness (QED) is 0.134. The van der Waals surface area contributed by atoms with Gasteiger partial charge >= 0.3 is 20.1 Å². The van der Waals surface area contributed by atoms with Crippen molar-refractivity contribution in [2.24, 2.45) is 0 Å². The summed E-state index contributed by atoms with van der Waals surface area (Å²) in [5.74, 6) is 0. The van der Waals surface area contributed by atoms with Crippen molar-refractivity contribution in [1.29, 1.82) is 0 Å². The van der Waals surface area contributed by atoms with Crippen LogP contribution >= 0.6 is 31.2 Å². The highest BCUT2D eigenvalue weighted by Crippen LogP contribution is 2.48. The maximum atomic E-state index is 13.2. The Morgan fingerprint density at radius 3 is 2.12 bits per heavy atom. The van der Waals surface area contributed by atoms with Gasteiger partial charge in [-0.3, -0.25) is 13.6 Å². The number of benzene rings is 2. The Bertz CT molecular complexity index is 1410. The van der Waals surface area contributed by atoms with E-state index in [1.54, 1.807) is 32.9 Å². The van der Waals surface area contributed by atoms with Gasteiger partial charge in [-0.05, 0) is 100 Å². The van der Waals surface area contributed by atoms with Gasteiger partial charge in [-0.15, -0.1) is 0 Å². The van der Waals surface area contributed by atoms with E-state index >= 15 is 0 Å². The smallest absolute Gasteiger partial charge is 0.444 e. The molecule has 0 aromatic heterocycles. The third kappa shape index (κ3) is 13.6. The van der Waals surface area contributed by atoms with E-state index in [1.807, 2.05) is 12.1 Å². The van der Waals surface area contributed by atoms with E-state index in [9.17, 15) is 22.5 Å². The average Bonchev–Trinajstić information content (AvgIpc) is 2.95. The summed E-state index contributed by atoms with van der Waals surface area (Å²) < 4.78 is 79.9. The predicted octanol–water partition coefficient (Wildman–Crippen LogP) is 10.9. The average molecular weight is 756 g/mol. The molecule has 1 atom stereocenters. The van der Waals surface area contributed by atoms with Crippen molar-refractivity contribution in [3.63, 3.8) is 0 Å². The second-order valence-corrected chi connectivity index (χ2v) is 22.3. The number of alkyl carbamates (subject to hydrolysis) is 1. The number of ether oxygens (including phenoxy) is 1. The van der Waals surface area contributed by atoms with Crippen molar-refractivity contribution < 1.29 is 45.3 Å². The van der Waals surface area contributed by atoms with Crippen molar-refractivity contribution in [2.45, 2.75) is 112 Å². The lowest BCUT2D eigenvalue weighted by molar-refractivity contribution is -0.137. The number of halogens is 4. The molecule has 0 spiro atoms. The molecule has 15 heteroatoms. The highest BCUT2D eigenvalue weighted by molar-refractivity contribution is 7.99. The van der Waals surface area contributed by atoms with E-state index < -0.39 is 45.1 Å². The Morgan fingerprint density at radius 1 is 0.958 bits per heavy atom. The summed E-state index contributed by atoms with van der Waals surface area (Å²) in [7, 11) is -3.62. The van der Waals surface area contributed by atoms with Crippen molar-refractivity contribution in [3.8, 4) is 0 Å². The fourth-order valence-electron chi connectivity index (χ4n) is 4.30. The molecule has 0 fully saturated rings. The number of hydrogen-bond acceptors (Lipinski definition) is 8. The van der Waals surface area contributed by atoms with Crippen LogP contribution in [0.2, 0.25) is 23.2 Å². The molecule has 0 aliphatic rings. The van der Waals surface area contributed by atoms with Gasteiger partial charge in [0.2, 0.25) is 0 Å². The number of nitrogens with one attached hydrogen (secondary N) is 1. The Labute approximate surface area is 293 Å². The van der Waals surface area contributed by atoms with Gasteiger partial charge < -0.3 is 14.5 Å². The lowest BCUT2D eigenvalue weighted by Crippen LogP contribution is -2.56. The van der Waals surface area contributed by atoms with Crippen LogP contribution in [-0.2, 0) is 39.9 Å². The lowest BCUT2D eigenvalue weighted by atomic mass is 9.89. The maximum absolute atomic E-state index is 13.2. The zero-order chi connectivity index (χ0) is 36.6. The first-order valence-corrected chi connectivity index (χ1v) is 21.1. The summed E-state index contributed by atoms with van der Waals surface area (Å²) in [5.41, 5.74) is -1.62. The molecule has 8 nitrogen and oxygen atoms in total. The van der Waals surface area contributed by atoms with E-state index in [2.05, 4.69) is 39.2 Å². The minimum absolute atomic E-state index is 0.0716. The zero-order valence-electron chi connectivity index (χ0n) is 29.5. The number of phosphoric acid groups is 1. The van der Waals surface area contributed by atoms with E-state index in [-0.39, 0.29) is 24.7 Å².